The van der Waals surface area contributed by atoms with Crippen molar-refractivity contribution in [3.8, 4) is 0 Å². The molecule has 152 valence electrons. The molecule has 1 saturated heterocycles. The summed E-state index contributed by atoms with van der Waals surface area (Å²) in [7, 11) is 1.75. The molecule has 1 aromatic carbocycles. The molecule has 1 aliphatic heterocycles. The van der Waals surface area contributed by atoms with E-state index in [4.69, 9.17) is 4.42 Å². The Kier molecular flexibility index (Phi) is 6.74. The van der Waals surface area contributed by atoms with E-state index in [2.05, 4.69) is 14.8 Å². The molecule has 3 rings (SSSR count). The van der Waals surface area contributed by atoms with E-state index in [1.807, 2.05) is 6.92 Å². The summed E-state index contributed by atoms with van der Waals surface area (Å²) < 4.78 is 32.3. The number of nitrogens with zero attached hydrogens (tertiary/aromatic N) is 4. The molecule has 8 heteroatoms. The van der Waals surface area contributed by atoms with Gasteiger partial charge in [-0.2, -0.15) is 0 Å². The van der Waals surface area contributed by atoms with E-state index in [1.54, 1.807) is 11.9 Å². The van der Waals surface area contributed by atoms with E-state index in [0.29, 0.717) is 36.8 Å². The normalized spacial score (nSPS) is 15.7. The summed E-state index contributed by atoms with van der Waals surface area (Å²) in [4.78, 5) is 22.5. The third kappa shape index (κ3) is 5.14. The number of benzene rings is 1. The number of hydrogen-bond donors (Lipinski definition) is 0. The van der Waals surface area contributed by atoms with Gasteiger partial charge in [0.15, 0.2) is 5.69 Å². The highest BCUT2D eigenvalue weighted by Gasteiger charge is 2.21. The summed E-state index contributed by atoms with van der Waals surface area (Å²) >= 11 is 0. The van der Waals surface area contributed by atoms with Gasteiger partial charge in [0.2, 0.25) is 5.89 Å². The van der Waals surface area contributed by atoms with Crippen LogP contribution in [-0.2, 0) is 13.1 Å². The molecule has 0 N–H and O–H groups in total. The molecule has 1 aromatic heterocycles. The van der Waals surface area contributed by atoms with Gasteiger partial charge in [0.1, 0.15) is 17.9 Å². The van der Waals surface area contributed by atoms with E-state index in [9.17, 15) is 13.6 Å². The van der Waals surface area contributed by atoms with Gasteiger partial charge >= 0.3 is 0 Å². The van der Waals surface area contributed by atoms with Crippen LogP contribution in [0.25, 0.3) is 0 Å². The first-order valence-electron chi connectivity index (χ1n) is 9.54. The van der Waals surface area contributed by atoms with Crippen molar-refractivity contribution in [2.45, 2.75) is 26.4 Å². The summed E-state index contributed by atoms with van der Waals surface area (Å²) in [5.41, 5.74) is 0.832. The van der Waals surface area contributed by atoms with Gasteiger partial charge in [-0.1, -0.05) is 13.0 Å². The molecule has 0 spiro atoms. The molecule has 6 nitrogen and oxygen atoms in total. The molecular weight excluding hydrogens is 366 g/mol. The van der Waals surface area contributed by atoms with Crippen LogP contribution >= 0.6 is 0 Å². The molecule has 1 amide bonds. The van der Waals surface area contributed by atoms with Crippen molar-refractivity contribution < 1.29 is 18.0 Å². The highest BCUT2D eigenvalue weighted by atomic mass is 19.1. The zero-order valence-electron chi connectivity index (χ0n) is 16.3. The van der Waals surface area contributed by atoms with Crippen LogP contribution in [0.15, 0.2) is 28.9 Å². The highest BCUT2D eigenvalue weighted by Crippen LogP contribution is 2.15. The summed E-state index contributed by atoms with van der Waals surface area (Å²) in [6.45, 7) is 6.78. The average Bonchev–Trinajstić information content (AvgIpc) is 3.13. The first-order chi connectivity index (χ1) is 13.5. The van der Waals surface area contributed by atoms with Gasteiger partial charge in [-0.15, -0.1) is 0 Å². The standard InChI is InChI=1S/C20H26F2N4O2/c1-3-6-24(2)20(27)18-14-28-19(23-18)13-26-9-7-25(8-10-26)12-15-4-5-16(21)11-17(15)22/h4-5,11,14H,3,6-10,12-13H2,1-2H3. The fourth-order valence-corrected chi connectivity index (χ4v) is 3.30. The SMILES string of the molecule is CCCN(C)C(=O)c1coc(CN2CCN(Cc3ccc(F)cc3F)CC2)n1. The van der Waals surface area contributed by atoms with Crippen molar-refractivity contribution in [1.82, 2.24) is 19.7 Å². The number of halogens is 2. The van der Waals surface area contributed by atoms with E-state index in [1.165, 1.54) is 18.4 Å². The zero-order valence-corrected chi connectivity index (χ0v) is 16.3. The summed E-state index contributed by atoms with van der Waals surface area (Å²) in [5, 5.41) is 0. The van der Waals surface area contributed by atoms with Crippen molar-refractivity contribution in [3.63, 3.8) is 0 Å². The van der Waals surface area contributed by atoms with Crippen LogP contribution in [0.1, 0.15) is 35.3 Å². The second kappa shape index (κ2) is 9.25. The Hall–Kier alpha value is -2.32. The molecule has 2 heterocycles. The predicted octanol–water partition coefficient (Wildman–Crippen LogP) is 2.75. The van der Waals surface area contributed by atoms with Crippen LogP contribution in [0.2, 0.25) is 0 Å². The average molecular weight is 392 g/mol. The second-order valence-corrected chi connectivity index (χ2v) is 7.14. The molecule has 0 unspecified atom stereocenters. The topological polar surface area (TPSA) is 52.8 Å². The molecule has 0 aliphatic carbocycles. The lowest BCUT2D eigenvalue weighted by Crippen LogP contribution is -2.45. The van der Waals surface area contributed by atoms with Crippen LogP contribution in [0.5, 0.6) is 0 Å². The van der Waals surface area contributed by atoms with Gasteiger partial charge in [0, 0.05) is 57.9 Å². The maximum atomic E-state index is 13.8. The van der Waals surface area contributed by atoms with Crippen molar-refractivity contribution in [2.75, 3.05) is 39.8 Å². The zero-order chi connectivity index (χ0) is 20.1. The number of aromatic nitrogens is 1. The Morgan fingerprint density at radius 3 is 2.50 bits per heavy atom. The van der Waals surface area contributed by atoms with Gasteiger partial charge < -0.3 is 9.32 Å². The van der Waals surface area contributed by atoms with Crippen molar-refractivity contribution >= 4 is 5.91 Å². The molecule has 0 radical (unpaired) electrons. The Balaban J connectivity index is 1.49. The van der Waals surface area contributed by atoms with Gasteiger partial charge in [-0.05, 0) is 12.5 Å². The number of oxazole rings is 1. The molecule has 0 bridgehead atoms. The lowest BCUT2D eigenvalue weighted by atomic mass is 10.2. The van der Waals surface area contributed by atoms with Gasteiger partial charge in [-0.25, -0.2) is 13.8 Å². The first-order valence-corrected chi connectivity index (χ1v) is 9.54. The number of rotatable bonds is 7. The summed E-state index contributed by atoms with van der Waals surface area (Å²) in [5.74, 6) is -0.683. The van der Waals surface area contributed by atoms with Crippen molar-refractivity contribution in [2.24, 2.45) is 0 Å². The monoisotopic (exact) mass is 392 g/mol. The van der Waals surface area contributed by atoms with Crippen LogP contribution in [0.4, 0.5) is 8.78 Å². The molecule has 0 atom stereocenters. The predicted molar refractivity (Wildman–Crippen MR) is 101 cm³/mol. The minimum absolute atomic E-state index is 0.136. The minimum atomic E-state index is -0.559. The maximum Gasteiger partial charge on any atom is 0.275 e. The molecular formula is C20H26F2N4O2. The Bertz CT molecular complexity index is 803. The number of carbonyl (C=O) groups is 1. The fourth-order valence-electron chi connectivity index (χ4n) is 3.30. The van der Waals surface area contributed by atoms with E-state index in [0.717, 1.165) is 38.7 Å². The number of amides is 1. The Labute approximate surface area is 163 Å². The third-order valence-electron chi connectivity index (χ3n) is 4.91. The lowest BCUT2D eigenvalue weighted by Gasteiger charge is -2.34. The highest BCUT2D eigenvalue weighted by molar-refractivity contribution is 5.91. The quantitative estimate of drug-likeness (QED) is 0.725. The number of carbonyl (C=O) groups excluding carboxylic acids is 1. The van der Waals surface area contributed by atoms with E-state index in [-0.39, 0.29) is 5.91 Å². The number of hydrogen-bond acceptors (Lipinski definition) is 5. The third-order valence-corrected chi connectivity index (χ3v) is 4.91. The lowest BCUT2D eigenvalue weighted by molar-refractivity contribution is 0.0789. The smallest absolute Gasteiger partial charge is 0.275 e. The van der Waals surface area contributed by atoms with Crippen molar-refractivity contribution in [1.29, 1.82) is 0 Å². The van der Waals surface area contributed by atoms with Crippen LogP contribution in [-0.4, -0.2) is 65.4 Å². The van der Waals surface area contributed by atoms with Crippen LogP contribution in [0, 0.1) is 11.6 Å². The minimum Gasteiger partial charge on any atom is -0.447 e. The molecule has 0 saturated carbocycles. The summed E-state index contributed by atoms with van der Waals surface area (Å²) in [6.07, 6.45) is 2.30. The van der Waals surface area contributed by atoms with Gasteiger partial charge in [0.05, 0.1) is 6.54 Å². The summed E-state index contributed by atoms with van der Waals surface area (Å²) in [6, 6.07) is 3.71. The maximum absolute atomic E-state index is 13.8. The van der Waals surface area contributed by atoms with E-state index >= 15 is 0 Å². The second-order valence-electron chi connectivity index (χ2n) is 7.14. The molecule has 1 fully saturated rings. The fraction of sp³-hybridized carbons (Fsp3) is 0.500. The van der Waals surface area contributed by atoms with Crippen LogP contribution < -0.4 is 0 Å². The number of piperazine rings is 1. The van der Waals surface area contributed by atoms with Crippen LogP contribution in [0.3, 0.4) is 0 Å². The first kappa shape index (κ1) is 20.4. The van der Waals surface area contributed by atoms with Gasteiger partial charge in [0.25, 0.3) is 5.91 Å². The molecule has 1 aliphatic rings. The van der Waals surface area contributed by atoms with Crippen molar-refractivity contribution in [3.05, 3.63) is 53.2 Å². The van der Waals surface area contributed by atoms with Gasteiger partial charge in [-0.3, -0.25) is 14.6 Å². The van der Waals surface area contributed by atoms with E-state index < -0.39 is 11.6 Å². The Morgan fingerprint density at radius 1 is 1.18 bits per heavy atom. The molecule has 2 aromatic rings. The molecule has 28 heavy (non-hydrogen) atoms. The largest absolute Gasteiger partial charge is 0.447 e. The Morgan fingerprint density at radius 2 is 1.86 bits per heavy atom.